The molecule has 2 aliphatic heterocycles. The van der Waals surface area contributed by atoms with Crippen LogP contribution in [0.15, 0.2) is 4.99 Å². The van der Waals surface area contributed by atoms with Gasteiger partial charge in [-0.2, -0.15) is 0 Å². The Bertz CT molecular complexity index is 227. The summed E-state index contributed by atoms with van der Waals surface area (Å²) in [6.45, 7) is 5.07. The Kier molecular flexibility index (Phi) is 4.32. The predicted octanol–water partition coefficient (Wildman–Crippen LogP) is 2.03. The third-order valence-corrected chi connectivity index (χ3v) is 4.24. The highest BCUT2D eigenvalue weighted by molar-refractivity contribution is 8.14. The van der Waals surface area contributed by atoms with E-state index in [4.69, 9.17) is 4.74 Å². The molecule has 2 atom stereocenters. The lowest BCUT2D eigenvalue weighted by molar-refractivity contribution is 0.0197. The fourth-order valence-electron chi connectivity index (χ4n) is 1.90. The lowest BCUT2D eigenvalue weighted by Crippen LogP contribution is -2.33. The van der Waals surface area contributed by atoms with E-state index in [1.807, 2.05) is 11.8 Å². The first-order chi connectivity index (χ1) is 7.38. The highest BCUT2D eigenvalue weighted by Crippen LogP contribution is 2.22. The average molecular weight is 228 g/mol. The van der Waals surface area contributed by atoms with Crippen molar-refractivity contribution >= 4 is 16.9 Å². The van der Waals surface area contributed by atoms with Gasteiger partial charge in [0.15, 0.2) is 5.17 Å². The lowest BCUT2D eigenvalue weighted by Gasteiger charge is -2.23. The van der Waals surface area contributed by atoms with E-state index in [2.05, 4.69) is 17.2 Å². The number of aliphatic imine (C=N–C) groups is 1. The Labute approximate surface area is 96.1 Å². The molecule has 1 fully saturated rings. The number of ether oxygens (including phenoxy) is 1. The maximum atomic E-state index is 5.66. The average Bonchev–Trinajstić information content (AvgIpc) is 2.76. The Morgan fingerprint density at radius 1 is 1.53 bits per heavy atom. The van der Waals surface area contributed by atoms with E-state index in [1.165, 1.54) is 25.7 Å². The smallest absolute Gasteiger partial charge is 0.157 e. The van der Waals surface area contributed by atoms with Crippen LogP contribution < -0.4 is 5.32 Å². The highest BCUT2D eigenvalue weighted by Gasteiger charge is 2.19. The number of hydrogen-bond acceptors (Lipinski definition) is 4. The second kappa shape index (κ2) is 5.75. The first-order valence-electron chi connectivity index (χ1n) is 5.95. The van der Waals surface area contributed by atoms with Crippen LogP contribution in [-0.4, -0.2) is 36.2 Å². The number of hydrogen-bond donors (Lipinski definition) is 1. The van der Waals surface area contributed by atoms with Gasteiger partial charge in [-0.15, -0.1) is 0 Å². The van der Waals surface area contributed by atoms with Crippen molar-refractivity contribution in [2.75, 3.05) is 19.7 Å². The summed E-state index contributed by atoms with van der Waals surface area (Å²) in [6.07, 6.45) is 5.34. The van der Waals surface area contributed by atoms with Gasteiger partial charge in [0.1, 0.15) is 0 Å². The Morgan fingerprint density at radius 2 is 2.47 bits per heavy atom. The predicted molar refractivity (Wildman–Crippen MR) is 65.6 cm³/mol. The number of amidine groups is 1. The molecular formula is C11H20N2OS. The van der Waals surface area contributed by atoms with Crippen molar-refractivity contribution in [2.45, 2.75) is 44.0 Å². The molecule has 0 amide bonds. The van der Waals surface area contributed by atoms with Crippen LogP contribution in [0.25, 0.3) is 0 Å². The minimum absolute atomic E-state index is 0.405. The molecule has 3 nitrogen and oxygen atoms in total. The van der Waals surface area contributed by atoms with Crippen LogP contribution in [0.2, 0.25) is 0 Å². The maximum absolute atomic E-state index is 5.66. The second-order valence-corrected chi connectivity index (χ2v) is 5.45. The van der Waals surface area contributed by atoms with Gasteiger partial charge in [0.05, 0.1) is 12.6 Å². The largest absolute Gasteiger partial charge is 0.376 e. The molecule has 2 rings (SSSR count). The maximum Gasteiger partial charge on any atom is 0.157 e. The second-order valence-electron chi connectivity index (χ2n) is 4.16. The third-order valence-electron chi connectivity index (χ3n) is 2.93. The summed E-state index contributed by atoms with van der Waals surface area (Å²) in [7, 11) is 0. The van der Waals surface area contributed by atoms with Crippen molar-refractivity contribution in [1.29, 1.82) is 0 Å². The lowest BCUT2D eigenvalue weighted by atomic mass is 10.1. The normalized spacial score (nSPS) is 31.4. The van der Waals surface area contributed by atoms with Crippen LogP contribution in [0.5, 0.6) is 0 Å². The Balaban J connectivity index is 1.65. The molecule has 0 aromatic carbocycles. The first kappa shape index (κ1) is 11.3. The van der Waals surface area contributed by atoms with Gasteiger partial charge in [-0.1, -0.05) is 18.7 Å². The molecule has 0 spiro atoms. The van der Waals surface area contributed by atoms with Crippen molar-refractivity contribution in [3.8, 4) is 0 Å². The van der Waals surface area contributed by atoms with Crippen LogP contribution >= 0.6 is 11.8 Å². The van der Waals surface area contributed by atoms with Gasteiger partial charge in [-0.25, -0.2) is 0 Å². The van der Waals surface area contributed by atoms with Crippen LogP contribution in [0, 0.1) is 0 Å². The highest BCUT2D eigenvalue weighted by atomic mass is 32.2. The molecule has 1 N–H and O–H groups in total. The molecule has 2 heterocycles. The Morgan fingerprint density at radius 3 is 3.13 bits per heavy atom. The third kappa shape index (κ3) is 3.38. The van der Waals surface area contributed by atoms with E-state index in [-0.39, 0.29) is 0 Å². The minimum Gasteiger partial charge on any atom is -0.376 e. The molecule has 15 heavy (non-hydrogen) atoms. The summed E-state index contributed by atoms with van der Waals surface area (Å²) in [4.78, 5) is 4.49. The van der Waals surface area contributed by atoms with Crippen molar-refractivity contribution < 1.29 is 4.74 Å². The summed E-state index contributed by atoms with van der Waals surface area (Å²) in [6, 6.07) is 0. The van der Waals surface area contributed by atoms with Crippen LogP contribution in [0.4, 0.5) is 0 Å². The molecule has 2 unspecified atom stereocenters. The zero-order valence-corrected chi connectivity index (χ0v) is 10.2. The molecule has 86 valence electrons. The molecule has 0 aliphatic carbocycles. The zero-order chi connectivity index (χ0) is 10.5. The van der Waals surface area contributed by atoms with E-state index in [0.717, 1.165) is 24.9 Å². The monoisotopic (exact) mass is 228 g/mol. The molecule has 0 aromatic heterocycles. The first-order valence-corrected chi connectivity index (χ1v) is 6.83. The van der Waals surface area contributed by atoms with E-state index in [1.54, 1.807) is 0 Å². The van der Waals surface area contributed by atoms with E-state index >= 15 is 0 Å². The molecule has 0 saturated carbocycles. The fraction of sp³-hybridized carbons (Fsp3) is 0.909. The SMILES string of the molecule is CCC1CN=C(NCC2CCCCO2)S1. The summed E-state index contributed by atoms with van der Waals surface area (Å²) < 4.78 is 5.66. The Hall–Kier alpha value is -0.220. The fourth-order valence-corrected chi connectivity index (χ4v) is 2.84. The van der Waals surface area contributed by atoms with Crippen molar-refractivity contribution in [3.63, 3.8) is 0 Å². The zero-order valence-electron chi connectivity index (χ0n) is 9.37. The number of nitrogens with zero attached hydrogens (tertiary/aromatic N) is 1. The van der Waals surface area contributed by atoms with Gasteiger partial charge >= 0.3 is 0 Å². The van der Waals surface area contributed by atoms with Gasteiger partial charge in [-0.05, 0) is 25.7 Å². The summed E-state index contributed by atoms with van der Waals surface area (Å²) in [5.74, 6) is 0. The minimum atomic E-state index is 0.405. The molecular weight excluding hydrogens is 208 g/mol. The number of nitrogens with one attached hydrogen (secondary N) is 1. The van der Waals surface area contributed by atoms with E-state index in [9.17, 15) is 0 Å². The summed E-state index contributed by atoms with van der Waals surface area (Å²) in [5, 5.41) is 5.22. The van der Waals surface area contributed by atoms with Gasteiger partial charge in [0.2, 0.25) is 0 Å². The van der Waals surface area contributed by atoms with Crippen LogP contribution in [0.3, 0.4) is 0 Å². The molecule has 0 radical (unpaired) electrons. The van der Waals surface area contributed by atoms with Crippen molar-refractivity contribution in [1.82, 2.24) is 5.32 Å². The quantitative estimate of drug-likeness (QED) is 0.802. The van der Waals surface area contributed by atoms with Crippen molar-refractivity contribution in [3.05, 3.63) is 0 Å². The molecule has 2 aliphatic rings. The topological polar surface area (TPSA) is 33.6 Å². The van der Waals surface area contributed by atoms with Gasteiger partial charge in [0, 0.05) is 18.4 Å². The molecule has 4 heteroatoms. The van der Waals surface area contributed by atoms with Gasteiger partial charge in [0.25, 0.3) is 0 Å². The summed E-state index contributed by atoms with van der Waals surface area (Å²) in [5.41, 5.74) is 0. The van der Waals surface area contributed by atoms with Gasteiger partial charge < -0.3 is 10.1 Å². The van der Waals surface area contributed by atoms with Crippen LogP contribution in [-0.2, 0) is 4.74 Å². The summed E-state index contributed by atoms with van der Waals surface area (Å²) >= 11 is 1.88. The molecule has 0 aromatic rings. The van der Waals surface area contributed by atoms with Crippen molar-refractivity contribution in [2.24, 2.45) is 4.99 Å². The number of rotatable bonds is 3. The van der Waals surface area contributed by atoms with Crippen LogP contribution in [0.1, 0.15) is 32.6 Å². The standard InChI is InChI=1S/C11H20N2OS/c1-2-10-8-13-11(15-10)12-7-9-5-3-4-6-14-9/h9-10H,2-8H2,1H3,(H,12,13). The molecule has 1 saturated heterocycles. The van der Waals surface area contributed by atoms with E-state index < -0.39 is 0 Å². The molecule has 0 bridgehead atoms. The van der Waals surface area contributed by atoms with Gasteiger partial charge in [-0.3, -0.25) is 4.99 Å². The number of thioether (sulfide) groups is 1. The van der Waals surface area contributed by atoms with E-state index in [0.29, 0.717) is 11.4 Å².